The SMILES string of the molecule is CCCCN(C)Cc1cccc(CNC2CC2)c1. The van der Waals surface area contributed by atoms with E-state index >= 15 is 0 Å². The summed E-state index contributed by atoms with van der Waals surface area (Å²) in [6.45, 7) is 5.54. The van der Waals surface area contributed by atoms with Gasteiger partial charge in [-0.25, -0.2) is 0 Å². The minimum atomic E-state index is 0.792. The largest absolute Gasteiger partial charge is 0.310 e. The molecule has 1 saturated carbocycles. The van der Waals surface area contributed by atoms with Crippen molar-refractivity contribution in [2.75, 3.05) is 13.6 Å². The van der Waals surface area contributed by atoms with Gasteiger partial charge in [0.25, 0.3) is 0 Å². The summed E-state index contributed by atoms with van der Waals surface area (Å²) in [6, 6.07) is 9.79. The summed E-state index contributed by atoms with van der Waals surface area (Å²) in [5, 5.41) is 3.57. The predicted molar refractivity (Wildman–Crippen MR) is 77.5 cm³/mol. The summed E-state index contributed by atoms with van der Waals surface area (Å²) < 4.78 is 0. The quantitative estimate of drug-likeness (QED) is 0.758. The Morgan fingerprint density at radius 3 is 2.78 bits per heavy atom. The molecule has 0 unspecified atom stereocenters. The van der Waals surface area contributed by atoms with Crippen LogP contribution in [-0.2, 0) is 13.1 Å². The van der Waals surface area contributed by atoms with Crippen molar-refractivity contribution in [3.05, 3.63) is 35.4 Å². The fraction of sp³-hybridized carbons (Fsp3) is 0.625. The lowest BCUT2D eigenvalue weighted by Gasteiger charge is -2.16. The number of rotatable bonds is 8. The van der Waals surface area contributed by atoms with Gasteiger partial charge in [0, 0.05) is 19.1 Å². The van der Waals surface area contributed by atoms with Crippen LogP contribution in [0.3, 0.4) is 0 Å². The first-order valence-electron chi connectivity index (χ1n) is 7.27. The van der Waals surface area contributed by atoms with Crippen molar-refractivity contribution in [2.24, 2.45) is 0 Å². The Labute approximate surface area is 111 Å². The van der Waals surface area contributed by atoms with Gasteiger partial charge in [-0.3, -0.25) is 0 Å². The molecule has 0 spiro atoms. The minimum Gasteiger partial charge on any atom is -0.310 e. The molecule has 2 rings (SSSR count). The van der Waals surface area contributed by atoms with Gasteiger partial charge in [-0.2, -0.15) is 0 Å². The molecule has 0 atom stereocenters. The number of unbranched alkanes of at least 4 members (excludes halogenated alkanes) is 1. The fourth-order valence-electron chi connectivity index (χ4n) is 2.21. The molecule has 2 heteroatoms. The van der Waals surface area contributed by atoms with Gasteiger partial charge in [0.15, 0.2) is 0 Å². The smallest absolute Gasteiger partial charge is 0.0230 e. The lowest BCUT2D eigenvalue weighted by Crippen LogP contribution is -2.19. The van der Waals surface area contributed by atoms with Gasteiger partial charge in [-0.15, -0.1) is 0 Å². The Bertz CT molecular complexity index is 358. The maximum absolute atomic E-state index is 3.57. The number of nitrogens with zero attached hydrogens (tertiary/aromatic N) is 1. The van der Waals surface area contributed by atoms with E-state index in [4.69, 9.17) is 0 Å². The second-order valence-electron chi connectivity index (χ2n) is 5.57. The van der Waals surface area contributed by atoms with Crippen molar-refractivity contribution in [3.63, 3.8) is 0 Å². The average molecular weight is 246 g/mol. The predicted octanol–water partition coefficient (Wildman–Crippen LogP) is 3.17. The maximum Gasteiger partial charge on any atom is 0.0230 e. The molecule has 1 fully saturated rings. The number of hydrogen-bond acceptors (Lipinski definition) is 2. The number of hydrogen-bond donors (Lipinski definition) is 1. The molecule has 1 aromatic rings. The van der Waals surface area contributed by atoms with Gasteiger partial charge in [0.1, 0.15) is 0 Å². The Kier molecular flexibility index (Phi) is 5.21. The van der Waals surface area contributed by atoms with Crippen LogP contribution in [0.25, 0.3) is 0 Å². The van der Waals surface area contributed by atoms with E-state index in [2.05, 4.69) is 48.5 Å². The summed E-state index contributed by atoms with van der Waals surface area (Å²) in [6.07, 6.45) is 5.29. The van der Waals surface area contributed by atoms with E-state index in [9.17, 15) is 0 Å². The lowest BCUT2D eigenvalue weighted by molar-refractivity contribution is 0.320. The van der Waals surface area contributed by atoms with Crippen LogP contribution in [0.1, 0.15) is 43.7 Å². The molecule has 2 nitrogen and oxygen atoms in total. The van der Waals surface area contributed by atoms with Gasteiger partial charge >= 0.3 is 0 Å². The molecular weight excluding hydrogens is 220 g/mol. The molecule has 0 saturated heterocycles. The zero-order chi connectivity index (χ0) is 12.8. The summed E-state index contributed by atoms with van der Waals surface area (Å²) in [5.41, 5.74) is 2.85. The lowest BCUT2D eigenvalue weighted by atomic mass is 10.1. The summed E-state index contributed by atoms with van der Waals surface area (Å²) in [5.74, 6) is 0. The maximum atomic E-state index is 3.57. The normalized spacial score (nSPS) is 15.3. The van der Waals surface area contributed by atoms with E-state index in [1.807, 2.05) is 0 Å². The van der Waals surface area contributed by atoms with Crippen LogP contribution >= 0.6 is 0 Å². The van der Waals surface area contributed by atoms with Crippen molar-refractivity contribution in [2.45, 2.75) is 51.7 Å². The van der Waals surface area contributed by atoms with E-state index in [0.717, 1.165) is 19.1 Å². The molecule has 1 N–H and O–H groups in total. The fourth-order valence-corrected chi connectivity index (χ4v) is 2.21. The Morgan fingerprint density at radius 2 is 2.06 bits per heavy atom. The minimum absolute atomic E-state index is 0.792. The molecule has 0 heterocycles. The van der Waals surface area contributed by atoms with E-state index in [0.29, 0.717) is 0 Å². The standard InChI is InChI=1S/C16H26N2/c1-3-4-10-18(2)13-15-7-5-6-14(11-15)12-17-16-8-9-16/h5-7,11,16-17H,3-4,8-10,12-13H2,1-2H3. The highest BCUT2D eigenvalue weighted by Gasteiger charge is 2.19. The van der Waals surface area contributed by atoms with Crippen LogP contribution in [-0.4, -0.2) is 24.5 Å². The van der Waals surface area contributed by atoms with E-state index in [1.165, 1.54) is 43.4 Å². The Balaban J connectivity index is 1.81. The first-order valence-corrected chi connectivity index (χ1v) is 7.27. The highest BCUT2D eigenvalue weighted by Crippen LogP contribution is 2.19. The van der Waals surface area contributed by atoms with Crippen molar-refractivity contribution in [1.29, 1.82) is 0 Å². The third-order valence-electron chi connectivity index (χ3n) is 3.51. The van der Waals surface area contributed by atoms with Crippen molar-refractivity contribution in [1.82, 2.24) is 10.2 Å². The molecular formula is C16H26N2. The second kappa shape index (κ2) is 6.91. The Hall–Kier alpha value is -0.860. The molecule has 0 aromatic heterocycles. The monoisotopic (exact) mass is 246 g/mol. The van der Waals surface area contributed by atoms with Crippen LogP contribution < -0.4 is 5.32 Å². The molecule has 0 amide bonds. The van der Waals surface area contributed by atoms with E-state index in [1.54, 1.807) is 0 Å². The summed E-state index contributed by atoms with van der Waals surface area (Å²) >= 11 is 0. The van der Waals surface area contributed by atoms with Gasteiger partial charge in [-0.05, 0) is 44.0 Å². The van der Waals surface area contributed by atoms with Gasteiger partial charge < -0.3 is 10.2 Å². The van der Waals surface area contributed by atoms with Crippen molar-refractivity contribution >= 4 is 0 Å². The topological polar surface area (TPSA) is 15.3 Å². The first-order chi connectivity index (χ1) is 8.78. The average Bonchev–Trinajstić information content (AvgIpc) is 3.18. The summed E-state index contributed by atoms with van der Waals surface area (Å²) in [7, 11) is 2.21. The van der Waals surface area contributed by atoms with Crippen LogP contribution in [0.4, 0.5) is 0 Å². The molecule has 18 heavy (non-hydrogen) atoms. The van der Waals surface area contributed by atoms with E-state index in [-0.39, 0.29) is 0 Å². The third kappa shape index (κ3) is 4.79. The zero-order valence-electron chi connectivity index (χ0n) is 11.8. The zero-order valence-corrected chi connectivity index (χ0v) is 11.8. The molecule has 0 bridgehead atoms. The summed E-state index contributed by atoms with van der Waals surface area (Å²) in [4.78, 5) is 2.41. The van der Waals surface area contributed by atoms with Crippen molar-refractivity contribution in [3.8, 4) is 0 Å². The third-order valence-corrected chi connectivity index (χ3v) is 3.51. The first kappa shape index (κ1) is 13.6. The molecule has 1 aromatic carbocycles. The van der Waals surface area contributed by atoms with Crippen molar-refractivity contribution < 1.29 is 0 Å². The van der Waals surface area contributed by atoms with Crippen LogP contribution in [0.5, 0.6) is 0 Å². The highest BCUT2D eigenvalue weighted by molar-refractivity contribution is 5.23. The molecule has 0 aliphatic heterocycles. The van der Waals surface area contributed by atoms with Crippen LogP contribution in [0.2, 0.25) is 0 Å². The molecule has 1 aliphatic rings. The van der Waals surface area contributed by atoms with Gasteiger partial charge in [-0.1, -0.05) is 37.6 Å². The van der Waals surface area contributed by atoms with Gasteiger partial charge in [0.05, 0.1) is 0 Å². The number of benzene rings is 1. The Morgan fingerprint density at radius 1 is 1.28 bits per heavy atom. The van der Waals surface area contributed by atoms with Crippen LogP contribution in [0, 0.1) is 0 Å². The number of nitrogens with one attached hydrogen (secondary N) is 1. The van der Waals surface area contributed by atoms with Gasteiger partial charge in [0.2, 0.25) is 0 Å². The van der Waals surface area contributed by atoms with E-state index < -0.39 is 0 Å². The molecule has 1 aliphatic carbocycles. The van der Waals surface area contributed by atoms with Crippen LogP contribution in [0.15, 0.2) is 24.3 Å². The highest BCUT2D eigenvalue weighted by atomic mass is 15.1. The second-order valence-corrected chi connectivity index (χ2v) is 5.57. The molecule has 0 radical (unpaired) electrons. The molecule has 100 valence electrons.